The van der Waals surface area contributed by atoms with Crippen molar-refractivity contribution in [1.29, 1.82) is 0 Å². The van der Waals surface area contributed by atoms with Gasteiger partial charge in [-0.25, -0.2) is 0 Å². The molecule has 0 fully saturated rings. The molecule has 0 N–H and O–H groups in total. The quantitative estimate of drug-likeness (QED) is 0.375. The first-order valence-electron chi connectivity index (χ1n) is 3.09. The molecule has 0 rings (SSSR count). The van der Waals surface area contributed by atoms with Gasteiger partial charge in [-0.3, -0.25) is 0 Å². The van der Waals surface area contributed by atoms with Gasteiger partial charge in [-0.2, -0.15) is 9.78 Å². The summed E-state index contributed by atoms with van der Waals surface area (Å²) >= 11 is 0. The van der Waals surface area contributed by atoms with Crippen molar-refractivity contribution in [3.8, 4) is 0 Å². The SMILES string of the molecule is CCOO[PH+](OOCC)SCl. The van der Waals surface area contributed by atoms with Crippen molar-refractivity contribution < 1.29 is 19.1 Å². The van der Waals surface area contributed by atoms with Crippen LogP contribution in [-0.2, 0) is 19.1 Å². The number of halogens is 1. The van der Waals surface area contributed by atoms with Crippen LogP contribution in [-0.4, -0.2) is 13.2 Å². The van der Waals surface area contributed by atoms with E-state index in [1.54, 1.807) is 13.8 Å². The van der Waals surface area contributed by atoms with Crippen molar-refractivity contribution in [1.82, 2.24) is 0 Å². The topological polar surface area (TPSA) is 36.9 Å². The first-order chi connectivity index (χ1) is 5.35. The Balaban J connectivity index is 3.25. The molecule has 0 spiro atoms. The number of rotatable bonds is 7. The van der Waals surface area contributed by atoms with Crippen LogP contribution in [0.15, 0.2) is 0 Å². The van der Waals surface area contributed by atoms with Gasteiger partial charge in [0.2, 0.25) is 0 Å². The van der Waals surface area contributed by atoms with E-state index in [1.807, 2.05) is 0 Å². The molecule has 0 aliphatic rings. The zero-order chi connectivity index (χ0) is 8.53. The Morgan fingerprint density at radius 1 is 1.18 bits per heavy atom. The van der Waals surface area contributed by atoms with E-state index >= 15 is 0 Å². The molecule has 0 bridgehead atoms. The summed E-state index contributed by atoms with van der Waals surface area (Å²) in [5.41, 5.74) is 0. The summed E-state index contributed by atoms with van der Waals surface area (Å²) in [6, 6.07) is 0. The molecule has 0 amide bonds. The van der Waals surface area contributed by atoms with Crippen molar-refractivity contribution in [3.63, 3.8) is 0 Å². The summed E-state index contributed by atoms with van der Waals surface area (Å²) in [7, 11) is 4.65. The highest BCUT2D eigenvalue weighted by atomic mass is 35.7. The largest absolute Gasteiger partial charge is 0.419 e. The normalized spacial score (nSPS) is 10.9. The second-order valence-electron chi connectivity index (χ2n) is 1.31. The van der Waals surface area contributed by atoms with Gasteiger partial charge in [-0.15, -0.1) is 0 Å². The zero-order valence-corrected chi connectivity index (χ0v) is 8.91. The molecule has 68 valence electrons. The van der Waals surface area contributed by atoms with E-state index < -0.39 is 7.58 Å². The summed E-state index contributed by atoms with van der Waals surface area (Å²) in [6.45, 7) is 4.53. The van der Waals surface area contributed by atoms with Crippen molar-refractivity contribution >= 4 is 28.9 Å². The third-order valence-electron chi connectivity index (χ3n) is 0.553. The minimum atomic E-state index is -1.67. The van der Waals surface area contributed by atoms with E-state index in [-0.39, 0.29) is 0 Å². The monoisotopic (exact) mass is 221 g/mol. The fourth-order valence-corrected chi connectivity index (χ4v) is 1.67. The molecular weight excluding hydrogens is 211 g/mol. The number of hydrogen-bond acceptors (Lipinski definition) is 5. The third-order valence-corrected chi connectivity index (χ3v) is 3.11. The first-order valence-corrected chi connectivity index (χ1v) is 6.78. The first kappa shape index (κ1) is 11.9. The van der Waals surface area contributed by atoms with E-state index in [2.05, 4.69) is 9.78 Å². The van der Waals surface area contributed by atoms with Crippen LogP contribution in [0.1, 0.15) is 13.8 Å². The van der Waals surface area contributed by atoms with Gasteiger partial charge in [-0.05, 0) is 23.2 Å². The van der Waals surface area contributed by atoms with Gasteiger partial charge in [0, 0.05) is 10.7 Å². The lowest BCUT2D eigenvalue weighted by molar-refractivity contribution is -0.247. The van der Waals surface area contributed by atoms with Gasteiger partial charge in [0.25, 0.3) is 0 Å². The minimum Gasteiger partial charge on any atom is -0.197 e. The predicted molar refractivity (Wildman–Crippen MR) is 47.2 cm³/mol. The van der Waals surface area contributed by atoms with E-state index in [9.17, 15) is 0 Å². The molecular formula is C4H11ClO4PS+. The molecule has 0 aromatic heterocycles. The van der Waals surface area contributed by atoms with Gasteiger partial charge >= 0.3 is 7.58 Å². The van der Waals surface area contributed by atoms with Crippen LogP contribution < -0.4 is 0 Å². The molecule has 4 nitrogen and oxygen atoms in total. The maximum atomic E-state index is 5.39. The van der Waals surface area contributed by atoms with E-state index in [0.717, 1.165) is 10.6 Å². The standard InChI is InChI=1S/C4H10ClO4PS/c1-3-6-8-10(11-5)9-7-4-2/h3-4H2,1-2H3/p+1. The fourth-order valence-electron chi connectivity index (χ4n) is 0.254. The lowest BCUT2D eigenvalue weighted by Crippen LogP contribution is -1.91. The molecule has 0 radical (unpaired) electrons. The lowest BCUT2D eigenvalue weighted by Gasteiger charge is -1.99. The van der Waals surface area contributed by atoms with Crippen LogP contribution in [0.4, 0.5) is 0 Å². The number of hydrogen-bond donors (Lipinski definition) is 0. The van der Waals surface area contributed by atoms with Crippen molar-refractivity contribution in [3.05, 3.63) is 0 Å². The summed E-state index contributed by atoms with van der Waals surface area (Å²) in [6.07, 6.45) is 0. The second-order valence-corrected chi connectivity index (χ2v) is 5.15. The summed E-state index contributed by atoms with van der Waals surface area (Å²) in [5, 5.41) is 0. The molecule has 0 aliphatic heterocycles. The van der Waals surface area contributed by atoms with Crippen molar-refractivity contribution in [2.45, 2.75) is 13.8 Å². The van der Waals surface area contributed by atoms with Gasteiger partial charge in [-0.1, -0.05) is 0 Å². The summed E-state index contributed by atoms with van der Waals surface area (Å²) in [4.78, 5) is 9.24. The predicted octanol–water partition coefficient (Wildman–Crippen LogP) is 2.77. The van der Waals surface area contributed by atoms with Crippen LogP contribution in [0.3, 0.4) is 0 Å². The molecule has 7 heteroatoms. The molecule has 0 saturated heterocycles. The Labute approximate surface area is 75.5 Å². The van der Waals surface area contributed by atoms with Crippen LogP contribution in [0, 0.1) is 0 Å². The molecule has 0 aromatic rings. The highest BCUT2D eigenvalue weighted by molar-refractivity contribution is 8.64. The van der Waals surface area contributed by atoms with Crippen LogP contribution >= 0.6 is 28.9 Å². The highest BCUT2D eigenvalue weighted by Gasteiger charge is 2.23. The molecule has 11 heavy (non-hydrogen) atoms. The average Bonchev–Trinajstić information content (AvgIpc) is 2.05. The molecule has 0 heterocycles. The summed E-state index contributed by atoms with van der Waals surface area (Å²) in [5.74, 6) is 0. The Morgan fingerprint density at radius 3 is 1.91 bits per heavy atom. The smallest absolute Gasteiger partial charge is 0.197 e. The highest BCUT2D eigenvalue weighted by Crippen LogP contribution is 2.54. The molecule has 0 unspecified atom stereocenters. The molecule has 0 aliphatic carbocycles. The molecule has 0 aromatic carbocycles. The van der Waals surface area contributed by atoms with Gasteiger partial charge < -0.3 is 0 Å². The Morgan fingerprint density at radius 2 is 1.64 bits per heavy atom. The van der Waals surface area contributed by atoms with Crippen LogP contribution in [0.25, 0.3) is 0 Å². The third kappa shape index (κ3) is 7.28. The van der Waals surface area contributed by atoms with Crippen LogP contribution in [0.2, 0.25) is 0 Å². The summed E-state index contributed by atoms with van der Waals surface area (Å²) < 4.78 is 9.46. The minimum absolute atomic E-state index is 0.459. The second kappa shape index (κ2) is 9.00. The fraction of sp³-hybridized carbons (Fsp3) is 1.00. The maximum absolute atomic E-state index is 5.39. The van der Waals surface area contributed by atoms with Crippen molar-refractivity contribution in [2.24, 2.45) is 0 Å². The maximum Gasteiger partial charge on any atom is 0.419 e. The van der Waals surface area contributed by atoms with Gasteiger partial charge in [0.05, 0.1) is 13.2 Å². The van der Waals surface area contributed by atoms with E-state index in [0.29, 0.717) is 13.2 Å². The van der Waals surface area contributed by atoms with Crippen molar-refractivity contribution in [2.75, 3.05) is 13.2 Å². The van der Waals surface area contributed by atoms with Gasteiger partial charge in [0.15, 0.2) is 10.6 Å². The van der Waals surface area contributed by atoms with Gasteiger partial charge in [0.1, 0.15) is 0 Å². The van der Waals surface area contributed by atoms with E-state index in [1.165, 1.54) is 0 Å². The molecule has 0 saturated carbocycles. The lowest BCUT2D eigenvalue weighted by atomic mass is 10.9. The Bertz CT molecular complexity index is 80.5. The Hall–Kier alpha value is 0.910. The Kier molecular flexibility index (Phi) is 9.75. The van der Waals surface area contributed by atoms with Crippen LogP contribution in [0.5, 0.6) is 0 Å². The zero-order valence-electron chi connectivity index (χ0n) is 6.33. The molecule has 0 atom stereocenters. The van der Waals surface area contributed by atoms with E-state index in [4.69, 9.17) is 20.0 Å². The average molecular weight is 222 g/mol.